The third kappa shape index (κ3) is 4.26. The summed E-state index contributed by atoms with van der Waals surface area (Å²) in [5.41, 5.74) is 1.42. The molecule has 3 nitrogen and oxygen atoms in total. The lowest BCUT2D eigenvalue weighted by Gasteiger charge is -1.99. The van der Waals surface area contributed by atoms with Gasteiger partial charge in [0, 0.05) is 11.9 Å². The van der Waals surface area contributed by atoms with Crippen molar-refractivity contribution in [2.45, 2.75) is 5.03 Å². The van der Waals surface area contributed by atoms with Gasteiger partial charge in [-0.3, -0.25) is 0 Å². The van der Waals surface area contributed by atoms with Gasteiger partial charge in [-0.25, -0.2) is 9.78 Å². The number of carboxylic acid groups (broad SMARTS) is 1. The topological polar surface area (TPSA) is 50.2 Å². The van der Waals surface area contributed by atoms with Crippen LogP contribution in [0, 0.1) is 0 Å². The SMILES string of the molecule is O=C(O)c1ccnc(SCC=Cc2ccccc2)c1. The quantitative estimate of drug-likeness (QED) is 0.844. The second kappa shape index (κ2) is 6.75. The van der Waals surface area contributed by atoms with Crippen molar-refractivity contribution in [1.82, 2.24) is 4.98 Å². The molecule has 0 radical (unpaired) electrons. The highest BCUT2D eigenvalue weighted by Crippen LogP contribution is 2.17. The molecule has 0 unspecified atom stereocenters. The van der Waals surface area contributed by atoms with Crippen LogP contribution in [0.1, 0.15) is 15.9 Å². The number of aromatic carboxylic acids is 1. The summed E-state index contributed by atoms with van der Waals surface area (Å²) < 4.78 is 0. The monoisotopic (exact) mass is 271 g/mol. The number of pyridine rings is 1. The van der Waals surface area contributed by atoms with Gasteiger partial charge in [0.25, 0.3) is 0 Å². The molecule has 0 amide bonds. The van der Waals surface area contributed by atoms with Crippen LogP contribution in [-0.2, 0) is 0 Å². The molecule has 4 heteroatoms. The highest BCUT2D eigenvalue weighted by molar-refractivity contribution is 7.99. The van der Waals surface area contributed by atoms with Crippen molar-refractivity contribution in [1.29, 1.82) is 0 Å². The van der Waals surface area contributed by atoms with Crippen molar-refractivity contribution < 1.29 is 9.90 Å². The first-order valence-corrected chi connectivity index (χ1v) is 6.78. The van der Waals surface area contributed by atoms with Crippen LogP contribution in [0.2, 0.25) is 0 Å². The fourth-order valence-electron chi connectivity index (χ4n) is 1.50. The van der Waals surface area contributed by atoms with E-state index in [2.05, 4.69) is 4.98 Å². The number of nitrogens with zero attached hydrogens (tertiary/aromatic N) is 1. The van der Waals surface area contributed by atoms with Crippen LogP contribution >= 0.6 is 11.8 Å². The van der Waals surface area contributed by atoms with Crippen LogP contribution in [0.5, 0.6) is 0 Å². The minimum absolute atomic E-state index is 0.268. The molecule has 0 aliphatic heterocycles. The van der Waals surface area contributed by atoms with Crippen molar-refractivity contribution in [3.63, 3.8) is 0 Å². The zero-order chi connectivity index (χ0) is 13.5. The van der Waals surface area contributed by atoms with E-state index >= 15 is 0 Å². The van der Waals surface area contributed by atoms with Crippen molar-refractivity contribution in [2.75, 3.05) is 5.75 Å². The Balaban J connectivity index is 1.91. The summed E-state index contributed by atoms with van der Waals surface area (Å²) in [6, 6.07) is 13.1. The van der Waals surface area contributed by atoms with Crippen molar-refractivity contribution in [3.05, 3.63) is 65.9 Å². The molecule has 1 N–H and O–H groups in total. The molecular weight excluding hydrogens is 258 g/mol. The molecule has 1 heterocycles. The van der Waals surface area contributed by atoms with Gasteiger partial charge in [0.1, 0.15) is 0 Å². The number of carboxylic acids is 1. The van der Waals surface area contributed by atoms with E-state index in [1.54, 1.807) is 6.07 Å². The first kappa shape index (κ1) is 13.4. The predicted octanol–water partition coefficient (Wildman–Crippen LogP) is 3.59. The van der Waals surface area contributed by atoms with E-state index < -0.39 is 5.97 Å². The van der Waals surface area contributed by atoms with E-state index in [4.69, 9.17) is 5.11 Å². The van der Waals surface area contributed by atoms with Gasteiger partial charge in [-0.05, 0) is 17.7 Å². The van der Waals surface area contributed by atoms with Gasteiger partial charge in [-0.15, -0.1) is 11.8 Å². The first-order valence-electron chi connectivity index (χ1n) is 5.79. The summed E-state index contributed by atoms with van der Waals surface area (Å²) in [5, 5.41) is 9.60. The highest BCUT2D eigenvalue weighted by atomic mass is 32.2. The Kier molecular flexibility index (Phi) is 4.75. The molecule has 1 aromatic heterocycles. The van der Waals surface area contributed by atoms with Crippen LogP contribution in [-0.4, -0.2) is 21.8 Å². The van der Waals surface area contributed by atoms with Crippen molar-refractivity contribution in [3.8, 4) is 0 Å². The molecule has 2 rings (SSSR count). The Morgan fingerprint density at radius 2 is 2.05 bits per heavy atom. The molecule has 0 saturated heterocycles. The Bertz CT molecular complexity index is 582. The van der Waals surface area contributed by atoms with Gasteiger partial charge in [-0.2, -0.15) is 0 Å². The minimum atomic E-state index is -0.927. The molecule has 19 heavy (non-hydrogen) atoms. The Hall–Kier alpha value is -2.07. The molecule has 0 spiro atoms. The van der Waals surface area contributed by atoms with E-state index in [-0.39, 0.29) is 5.56 Å². The molecule has 1 aromatic carbocycles. The normalized spacial score (nSPS) is 10.7. The van der Waals surface area contributed by atoms with Crippen LogP contribution in [0.4, 0.5) is 0 Å². The lowest BCUT2D eigenvalue weighted by Crippen LogP contribution is -1.96. The molecule has 0 saturated carbocycles. The summed E-state index contributed by atoms with van der Waals surface area (Å²) in [6.45, 7) is 0. The number of thioether (sulfide) groups is 1. The number of aromatic nitrogens is 1. The second-order valence-corrected chi connectivity index (χ2v) is 4.85. The summed E-state index contributed by atoms with van der Waals surface area (Å²) in [6.07, 6.45) is 5.59. The number of rotatable bonds is 5. The standard InChI is InChI=1S/C15H13NO2S/c17-15(18)13-8-9-16-14(11-13)19-10-4-7-12-5-2-1-3-6-12/h1-9,11H,10H2,(H,17,18). The fraction of sp³-hybridized carbons (Fsp3) is 0.0667. The minimum Gasteiger partial charge on any atom is -0.478 e. The van der Waals surface area contributed by atoms with Crippen LogP contribution in [0.3, 0.4) is 0 Å². The van der Waals surface area contributed by atoms with Gasteiger partial charge < -0.3 is 5.11 Å². The Morgan fingerprint density at radius 3 is 2.79 bits per heavy atom. The Morgan fingerprint density at radius 1 is 1.26 bits per heavy atom. The molecule has 0 bridgehead atoms. The molecule has 2 aromatic rings. The number of benzene rings is 1. The summed E-state index contributed by atoms with van der Waals surface area (Å²) in [7, 11) is 0. The third-order valence-corrected chi connectivity index (χ3v) is 3.30. The van der Waals surface area contributed by atoms with Gasteiger partial charge in [0.15, 0.2) is 0 Å². The maximum atomic E-state index is 10.8. The zero-order valence-electron chi connectivity index (χ0n) is 10.2. The molecule has 0 aliphatic carbocycles. The molecule has 96 valence electrons. The van der Waals surface area contributed by atoms with Gasteiger partial charge in [-0.1, -0.05) is 42.5 Å². The largest absolute Gasteiger partial charge is 0.478 e. The smallest absolute Gasteiger partial charge is 0.335 e. The first-order chi connectivity index (χ1) is 9.25. The van der Waals surface area contributed by atoms with E-state index in [9.17, 15) is 4.79 Å². The van der Waals surface area contributed by atoms with E-state index in [0.29, 0.717) is 0 Å². The molecule has 0 aliphatic rings. The third-order valence-electron chi connectivity index (χ3n) is 2.42. The van der Waals surface area contributed by atoms with Gasteiger partial charge in [0.2, 0.25) is 0 Å². The highest BCUT2D eigenvalue weighted by Gasteiger charge is 2.03. The Labute approximate surface area is 116 Å². The second-order valence-electron chi connectivity index (χ2n) is 3.81. The number of hydrogen-bond acceptors (Lipinski definition) is 3. The summed E-state index contributed by atoms with van der Waals surface area (Å²) in [4.78, 5) is 14.9. The predicted molar refractivity (Wildman–Crippen MR) is 77.4 cm³/mol. The molecule has 0 fully saturated rings. The maximum Gasteiger partial charge on any atom is 0.335 e. The van der Waals surface area contributed by atoms with E-state index in [1.807, 2.05) is 42.5 Å². The molecule has 0 atom stereocenters. The maximum absolute atomic E-state index is 10.8. The number of carbonyl (C=O) groups is 1. The van der Waals surface area contributed by atoms with E-state index in [1.165, 1.54) is 24.0 Å². The van der Waals surface area contributed by atoms with Crippen LogP contribution in [0.15, 0.2) is 59.8 Å². The zero-order valence-corrected chi connectivity index (χ0v) is 11.0. The molecular formula is C15H13NO2S. The van der Waals surface area contributed by atoms with Crippen LogP contribution < -0.4 is 0 Å². The average Bonchev–Trinajstić information content (AvgIpc) is 2.45. The van der Waals surface area contributed by atoms with Crippen molar-refractivity contribution in [2.24, 2.45) is 0 Å². The lowest BCUT2D eigenvalue weighted by atomic mass is 10.2. The summed E-state index contributed by atoms with van der Waals surface area (Å²) >= 11 is 1.51. The van der Waals surface area contributed by atoms with E-state index in [0.717, 1.165) is 16.3 Å². The van der Waals surface area contributed by atoms with Crippen LogP contribution in [0.25, 0.3) is 6.08 Å². The lowest BCUT2D eigenvalue weighted by molar-refractivity contribution is 0.0696. The number of hydrogen-bond donors (Lipinski definition) is 1. The van der Waals surface area contributed by atoms with Crippen molar-refractivity contribution >= 4 is 23.8 Å². The van der Waals surface area contributed by atoms with Gasteiger partial charge >= 0.3 is 5.97 Å². The average molecular weight is 271 g/mol. The van der Waals surface area contributed by atoms with Gasteiger partial charge in [0.05, 0.1) is 10.6 Å². The summed E-state index contributed by atoms with van der Waals surface area (Å²) in [5.74, 6) is -0.172. The fourth-order valence-corrected chi connectivity index (χ4v) is 2.21.